The van der Waals surface area contributed by atoms with Crippen molar-refractivity contribution in [1.82, 2.24) is 0 Å². The Morgan fingerprint density at radius 3 is 2.45 bits per heavy atom. The molecule has 0 fully saturated rings. The first kappa shape index (κ1) is 14.6. The minimum absolute atomic E-state index is 0.0224. The van der Waals surface area contributed by atoms with Gasteiger partial charge in [-0.25, -0.2) is 0 Å². The zero-order valence-electron chi connectivity index (χ0n) is 12.4. The third kappa shape index (κ3) is 3.60. The van der Waals surface area contributed by atoms with Gasteiger partial charge in [0.15, 0.2) is 0 Å². The van der Waals surface area contributed by atoms with Gasteiger partial charge in [-0.15, -0.1) is 0 Å². The molecule has 20 heavy (non-hydrogen) atoms. The van der Waals surface area contributed by atoms with Crippen LogP contribution in [-0.4, -0.2) is 5.91 Å². The van der Waals surface area contributed by atoms with E-state index in [4.69, 9.17) is 0 Å². The van der Waals surface area contributed by atoms with E-state index in [0.29, 0.717) is 0 Å². The summed E-state index contributed by atoms with van der Waals surface area (Å²) in [4.78, 5) is 11.3. The number of hydrogen-bond donors (Lipinski definition) is 1. The summed E-state index contributed by atoms with van der Waals surface area (Å²) in [6, 6.07) is 12.5. The second-order valence-corrected chi connectivity index (χ2v) is 5.31. The molecule has 0 saturated heterocycles. The first-order valence-corrected chi connectivity index (χ1v) is 7.50. The number of carbonyl (C=O) groups excluding carboxylic acids is 1. The van der Waals surface area contributed by atoms with E-state index in [1.807, 2.05) is 12.1 Å². The number of fused-ring (bicyclic) bond motifs is 1. The van der Waals surface area contributed by atoms with Crippen LogP contribution >= 0.6 is 0 Å². The minimum atomic E-state index is -0.0224. The van der Waals surface area contributed by atoms with Gasteiger partial charge in [0.25, 0.3) is 0 Å². The van der Waals surface area contributed by atoms with Gasteiger partial charge in [-0.2, -0.15) is 0 Å². The van der Waals surface area contributed by atoms with Gasteiger partial charge in [0.1, 0.15) is 0 Å². The number of hydrogen-bond acceptors (Lipinski definition) is 1. The van der Waals surface area contributed by atoms with E-state index in [9.17, 15) is 4.79 Å². The molecule has 2 aromatic rings. The molecule has 0 aliphatic rings. The summed E-state index contributed by atoms with van der Waals surface area (Å²) in [6.07, 6.45) is 6.21. The maximum absolute atomic E-state index is 11.3. The van der Waals surface area contributed by atoms with Crippen LogP contribution in [-0.2, 0) is 11.2 Å². The summed E-state index contributed by atoms with van der Waals surface area (Å²) in [5.74, 6) is -0.0224. The second kappa shape index (κ2) is 7.09. The molecule has 0 heterocycles. The number of carbonyl (C=O) groups is 1. The van der Waals surface area contributed by atoms with Crippen molar-refractivity contribution in [3.05, 3.63) is 42.0 Å². The zero-order valence-corrected chi connectivity index (χ0v) is 12.4. The van der Waals surface area contributed by atoms with Crippen molar-refractivity contribution in [1.29, 1.82) is 0 Å². The van der Waals surface area contributed by atoms with Crippen LogP contribution in [0.15, 0.2) is 36.4 Å². The molecule has 1 amide bonds. The van der Waals surface area contributed by atoms with Crippen LogP contribution in [0.25, 0.3) is 10.8 Å². The Bertz CT molecular complexity index is 589. The molecule has 2 nitrogen and oxygen atoms in total. The highest BCUT2D eigenvalue weighted by Gasteiger charge is 2.06. The third-order valence-electron chi connectivity index (χ3n) is 3.62. The van der Waals surface area contributed by atoms with Crippen LogP contribution in [0.5, 0.6) is 0 Å². The summed E-state index contributed by atoms with van der Waals surface area (Å²) >= 11 is 0. The standard InChI is InChI=1S/C18H23NO/c1-3-4-5-6-9-15-12-13-18(19-14(2)20)17-11-8-7-10-16(15)17/h7-8,10-13H,3-6,9H2,1-2H3,(H,19,20). The Kier molecular flexibility index (Phi) is 5.16. The van der Waals surface area contributed by atoms with Crippen molar-refractivity contribution >= 4 is 22.4 Å². The molecule has 2 heteroatoms. The summed E-state index contributed by atoms with van der Waals surface area (Å²) in [5.41, 5.74) is 2.29. The average molecular weight is 269 g/mol. The van der Waals surface area contributed by atoms with Crippen LogP contribution in [0.1, 0.15) is 45.1 Å². The van der Waals surface area contributed by atoms with Crippen LogP contribution in [0.4, 0.5) is 5.69 Å². The molecule has 0 saturated carbocycles. The second-order valence-electron chi connectivity index (χ2n) is 5.31. The Balaban J connectivity index is 2.26. The molecule has 106 valence electrons. The summed E-state index contributed by atoms with van der Waals surface area (Å²) < 4.78 is 0. The predicted molar refractivity (Wildman–Crippen MR) is 86.1 cm³/mol. The largest absolute Gasteiger partial charge is 0.326 e. The van der Waals surface area contributed by atoms with Gasteiger partial charge in [-0.3, -0.25) is 4.79 Å². The monoisotopic (exact) mass is 269 g/mol. The molecule has 0 aliphatic heterocycles. The van der Waals surface area contributed by atoms with E-state index in [2.05, 4.69) is 36.5 Å². The SMILES string of the molecule is CCCCCCc1ccc(NC(C)=O)c2ccccc12. The summed E-state index contributed by atoms with van der Waals surface area (Å²) in [7, 11) is 0. The van der Waals surface area contributed by atoms with Crippen LogP contribution < -0.4 is 5.32 Å². The van der Waals surface area contributed by atoms with Crippen LogP contribution in [0.2, 0.25) is 0 Å². The molecule has 0 radical (unpaired) electrons. The van der Waals surface area contributed by atoms with E-state index in [1.165, 1.54) is 36.6 Å². The molecule has 0 aromatic heterocycles. The Hall–Kier alpha value is -1.83. The third-order valence-corrected chi connectivity index (χ3v) is 3.62. The fourth-order valence-corrected chi connectivity index (χ4v) is 2.62. The minimum Gasteiger partial charge on any atom is -0.326 e. The van der Waals surface area contributed by atoms with Crippen molar-refractivity contribution in [3.63, 3.8) is 0 Å². The van der Waals surface area contributed by atoms with E-state index in [1.54, 1.807) is 6.92 Å². The zero-order chi connectivity index (χ0) is 14.4. The molecule has 2 rings (SSSR count). The number of amides is 1. The predicted octanol–water partition coefficient (Wildman–Crippen LogP) is 4.92. The van der Waals surface area contributed by atoms with Crippen molar-refractivity contribution in [2.24, 2.45) is 0 Å². The first-order valence-electron chi connectivity index (χ1n) is 7.50. The van der Waals surface area contributed by atoms with E-state index in [-0.39, 0.29) is 5.91 Å². The molecular weight excluding hydrogens is 246 g/mol. The smallest absolute Gasteiger partial charge is 0.221 e. The Labute approximate surface area is 121 Å². The Morgan fingerprint density at radius 2 is 1.75 bits per heavy atom. The lowest BCUT2D eigenvalue weighted by atomic mass is 9.98. The molecule has 2 aromatic carbocycles. The van der Waals surface area contributed by atoms with Crippen molar-refractivity contribution in [2.45, 2.75) is 46.0 Å². The first-order chi connectivity index (χ1) is 9.72. The van der Waals surface area contributed by atoms with Gasteiger partial charge in [0, 0.05) is 18.0 Å². The lowest BCUT2D eigenvalue weighted by Crippen LogP contribution is -2.06. The number of aryl methyl sites for hydroxylation is 1. The van der Waals surface area contributed by atoms with Gasteiger partial charge in [-0.1, -0.05) is 56.5 Å². The van der Waals surface area contributed by atoms with Crippen LogP contribution in [0.3, 0.4) is 0 Å². The van der Waals surface area contributed by atoms with Crippen molar-refractivity contribution in [2.75, 3.05) is 5.32 Å². The number of rotatable bonds is 6. The number of benzene rings is 2. The lowest BCUT2D eigenvalue weighted by Gasteiger charge is -2.11. The van der Waals surface area contributed by atoms with E-state index < -0.39 is 0 Å². The molecule has 0 aliphatic carbocycles. The highest BCUT2D eigenvalue weighted by atomic mass is 16.1. The summed E-state index contributed by atoms with van der Waals surface area (Å²) in [6.45, 7) is 3.78. The molecule has 0 atom stereocenters. The molecule has 0 unspecified atom stereocenters. The maximum Gasteiger partial charge on any atom is 0.221 e. The number of anilines is 1. The Morgan fingerprint density at radius 1 is 1.00 bits per heavy atom. The molecule has 0 spiro atoms. The fraction of sp³-hybridized carbons (Fsp3) is 0.389. The van der Waals surface area contributed by atoms with Gasteiger partial charge in [0.2, 0.25) is 5.91 Å². The average Bonchev–Trinajstić information content (AvgIpc) is 2.45. The van der Waals surface area contributed by atoms with Gasteiger partial charge >= 0.3 is 0 Å². The molecular formula is C18H23NO. The van der Waals surface area contributed by atoms with E-state index >= 15 is 0 Å². The maximum atomic E-state index is 11.3. The highest BCUT2D eigenvalue weighted by Crippen LogP contribution is 2.27. The topological polar surface area (TPSA) is 29.1 Å². The lowest BCUT2D eigenvalue weighted by molar-refractivity contribution is -0.114. The van der Waals surface area contributed by atoms with Gasteiger partial charge in [-0.05, 0) is 29.9 Å². The quantitative estimate of drug-likeness (QED) is 0.741. The highest BCUT2D eigenvalue weighted by molar-refractivity contribution is 6.02. The van der Waals surface area contributed by atoms with Crippen molar-refractivity contribution in [3.8, 4) is 0 Å². The normalized spacial score (nSPS) is 10.7. The fourth-order valence-electron chi connectivity index (χ4n) is 2.62. The number of nitrogens with one attached hydrogen (secondary N) is 1. The van der Waals surface area contributed by atoms with E-state index in [0.717, 1.165) is 17.5 Å². The molecule has 0 bridgehead atoms. The van der Waals surface area contributed by atoms with Gasteiger partial charge in [0.05, 0.1) is 0 Å². The number of unbranched alkanes of at least 4 members (excludes halogenated alkanes) is 3. The molecule has 1 N–H and O–H groups in total. The van der Waals surface area contributed by atoms with Crippen LogP contribution in [0, 0.1) is 0 Å². The van der Waals surface area contributed by atoms with Crippen molar-refractivity contribution < 1.29 is 4.79 Å². The van der Waals surface area contributed by atoms with Gasteiger partial charge < -0.3 is 5.32 Å². The summed E-state index contributed by atoms with van der Waals surface area (Å²) in [5, 5.41) is 5.31.